The van der Waals surface area contributed by atoms with Crippen LogP contribution in [0.4, 0.5) is 10.1 Å². The van der Waals surface area contributed by atoms with E-state index in [0.29, 0.717) is 18.4 Å². The highest BCUT2D eigenvalue weighted by Gasteiger charge is 2.43. The predicted molar refractivity (Wildman–Crippen MR) is 153 cm³/mol. The van der Waals surface area contributed by atoms with Gasteiger partial charge in [0.05, 0.1) is 25.7 Å². The van der Waals surface area contributed by atoms with Crippen LogP contribution < -0.4 is 13.3 Å². The number of rotatable bonds is 7. The van der Waals surface area contributed by atoms with Crippen LogP contribution in [-0.4, -0.2) is 93.3 Å². The SMILES string of the molecule is CON(C)C(=O)CCCN1CC[C@H]2[C@@H](C1)c1cccc3c1N2CCCS3.COc1ccc(F)c[c]1[Mg][Br]. The van der Waals surface area contributed by atoms with Crippen molar-refractivity contribution in [2.45, 2.75) is 42.5 Å². The minimum Gasteiger partial charge on any atom is -0.499 e. The van der Waals surface area contributed by atoms with Gasteiger partial charge in [-0.1, -0.05) is 12.1 Å². The van der Waals surface area contributed by atoms with E-state index >= 15 is 0 Å². The standard InChI is InChI=1S/C20H29N3O2S.C7H6FO.BrH.Mg/c1-21(25-2)19(24)8-4-10-22-12-9-17-16(14-22)15-6-3-7-18-20(15)23(17)11-5-13-26-18;1-9-7-4-2-6(8)3-5-7;;/h3,6-7,16-17H,4-5,8-14H2,1-2H3;2-4H,1H3;1H;/q;;;+1/p-1/t16-,17-;;;/m0.../s1. The molecule has 0 bridgehead atoms. The Morgan fingerprint density at radius 1 is 1.27 bits per heavy atom. The zero-order valence-corrected chi connectivity index (χ0v) is 25.7. The molecule has 6 nitrogen and oxygen atoms in total. The quantitative estimate of drug-likeness (QED) is 0.344. The van der Waals surface area contributed by atoms with Crippen molar-refractivity contribution in [3.63, 3.8) is 0 Å². The zero-order valence-electron chi connectivity index (χ0n) is 21.9. The lowest BCUT2D eigenvalue weighted by Crippen LogP contribution is -2.46. The van der Waals surface area contributed by atoms with Crippen LogP contribution in [0.2, 0.25) is 0 Å². The number of hydrogen-bond donors (Lipinski definition) is 0. The summed E-state index contributed by atoms with van der Waals surface area (Å²) in [6, 6.07) is 12.1. The second-order valence-corrected chi connectivity index (χ2v) is 13.5. The van der Waals surface area contributed by atoms with E-state index in [1.807, 2.05) is 11.8 Å². The summed E-state index contributed by atoms with van der Waals surface area (Å²) in [5.41, 5.74) is 3.09. The van der Waals surface area contributed by atoms with Crippen LogP contribution in [-0.2, 0) is 9.63 Å². The average molecular weight is 605 g/mol. The van der Waals surface area contributed by atoms with E-state index in [1.54, 1.807) is 25.8 Å². The van der Waals surface area contributed by atoms with Gasteiger partial charge in [0.2, 0.25) is 5.91 Å². The maximum Gasteiger partial charge on any atom is 0.512 e. The van der Waals surface area contributed by atoms with Crippen molar-refractivity contribution >= 4 is 58.1 Å². The highest BCUT2D eigenvalue weighted by molar-refractivity contribution is 9.23. The number of thioether (sulfide) groups is 1. The van der Waals surface area contributed by atoms with Gasteiger partial charge < -0.3 is 14.5 Å². The molecule has 2 atom stereocenters. The van der Waals surface area contributed by atoms with Crippen LogP contribution >= 0.6 is 24.6 Å². The number of hydroxylamine groups is 2. The molecule has 5 rings (SSSR count). The molecule has 3 aliphatic rings. The fourth-order valence-electron chi connectivity index (χ4n) is 5.58. The summed E-state index contributed by atoms with van der Waals surface area (Å²) in [6.07, 6.45) is 3.96. The Kier molecular flexibility index (Phi) is 10.8. The molecule has 198 valence electrons. The predicted octanol–water partition coefficient (Wildman–Crippen LogP) is 4.43. The summed E-state index contributed by atoms with van der Waals surface area (Å²) in [5, 5.41) is 1.33. The second kappa shape index (κ2) is 13.8. The van der Waals surface area contributed by atoms with Crippen molar-refractivity contribution in [3.8, 4) is 5.75 Å². The van der Waals surface area contributed by atoms with Gasteiger partial charge in [0.15, 0.2) is 0 Å². The van der Waals surface area contributed by atoms with Gasteiger partial charge >= 0.3 is 18.2 Å². The van der Waals surface area contributed by atoms with E-state index in [2.05, 4.69) is 40.9 Å². The number of hydrogen-bond acceptors (Lipinski definition) is 6. The van der Waals surface area contributed by atoms with Crippen LogP contribution in [0.15, 0.2) is 41.3 Å². The summed E-state index contributed by atoms with van der Waals surface area (Å²) in [7, 11) is 4.80. The largest absolute Gasteiger partial charge is 0.512 e. The maximum atomic E-state index is 12.6. The van der Waals surface area contributed by atoms with Gasteiger partial charge in [-0.2, -0.15) is 0 Å². The van der Waals surface area contributed by atoms with Crippen molar-refractivity contribution < 1.29 is 18.8 Å². The topological polar surface area (TPSA) is 45.2 Å². The Hall–Kier alpha value is -1.04. The molecule has 0 spiro atoms. The minimum absolute atomic E-state index is 0.0589. The fourth-order valence-corrected chi connectivity index (χ4v) is 8.60. The first-order chi connectivity index (χ1) is 18.0. The third kappa shape index (κ3) is 6.94. The summed E-state index contributed by atoms with van der Waals surface area (Å²) >= 11 is 4.88. The van der Waals surface area contributed by atoms with Gasteiger partial charge in [-0.15, -0.1) is 15.5 Å². The minimum atomic E-state index is -0.523. The third-order valence-electron chi connectivity index (χ3n) is 7.46. The molecule has 0 saturated carbocycles. The van der Waals surface area contributed by atoms with E-state index in [0.717, 1.165) is 35.5 Å². The molecule has 0 unspecified atom stereocenters. The molecular weight excluding hydrogens is 570 g/mol. The number of para-hydroxylation sites is 1. The molecule has 1 saturated heterocycles. The molecular formula is C27H35BrFMgN3O3S. The van der Waals surface area contributed by atoms with Gasteiger partial charge in [-0.25, -0.2) is 9.45 Å². The smallest absolute Gasteiger partial charge is 0.499 e. The van der Waals surface area contributed by atoms with E-state index in [1.165, 1.54) is 60.0 Å². The number of amides is 1. The number of methoxy groups -OCH3 is 1. The summed E-state index contributed by atoms with van der Waals surface area (Å²) < 4.78 is 18.6. The second-order valence-electron chi connectivity index (χ2n) is 9.62. The van der Waals surface area contributed by atoms with Crippen molar-refractivity contribution in [3.05, 3.63) is 47.8 Å². The molecule has 0 aliphatic carbocycles. The lowest BCUT2D eigenvalue weighted by Gasteiger charge is -2.39. The van der Waals surface area contributed by atoms with Crippen LogP contribution in [0.3, 0.4) is 0 Å². The van der Waals surface area contributed by atoms with E-state index in [-0.39, 0.29) is 11.7 Å². The number of benzene rings is 2. The summed E-state index contributed by atoms with van der Waals surface area (Å²) in [4.78, 5) is 23.6. The van der Waals surface area contributed by atoms with Gasteiger partial charge in [-0.05, 0) is 61.4 Å². The normalized spacial score (nSPS) is 20.1. The molecule has 0 aromatic heterocycles. The Labute approximate surface area is 239 Å². The van der Waals surface area contributed by atoms with E-state index < -0.39 is 18.2 Å². The van der Waals surface area contributed by atoms with Crippen molar-refractivity contribution in [2.75, 3.05) is 58.1 Å². The van der Waals surface area contributed by atoms with Crippen molar-refractivity contribution in [2.24, 2.45) is 0 Å². The Balaban J connectivity index is 0.000000245. The van der Waals surface area contributed by atoms with Crippen molar-refractivity contribution in [1.82, 2.24) is 9.96 Å². The van der Waals surface area contributed by atoms with Crippen LogP contribution in [0, 0.1) is 5.82 Å². The molecule has 0 N–H and O–H groups in total. The zero-order chi connectivity index (χ0) is 26.4. The first-order valence-electron chi connectivity index (χ1n) is 12.9. The third-order valence-corrected chi connectivity index (χ3v) is 11.2. The molecule has 3 aliphatic heterocycles. The molecule has 10 heteroatoms. The molecule has 0 radical (unpaired) electrons. The maximum absolute atomic E-state index is 12.6. The van der Waals surface area contributed by atoms with Gasteiger partial charge in [0, 0.05) is 50.0 Å². The highest BCUT2D eigenvalue weighted by atomic mass is 79.9. The number of carbonyl (C=O) groups is 1. The average Bonchev–Trinajstić information content (AvgIpc) is 3.07. The van der Waals surface area contributed by atoms with Crippen LogP contribution in [0.1, 0.15) is 37.2 Å². The van der Waals surface area contributed by atoms with Crippen molar-refractivity contribution in [1.29, 1.82) is 0 Å². The first-order valence-corrected chi connectivity index (χ1v) is 18.5. The molecule has 1 fully saturated rings. The van der Waals surface area contributed by atoms with Crippen LogP contribution in [0.25, 0.3) is 0 Å². The van der Waals surface area contributed by atoms with Gasteiger partial charge in [0.1, 0.15) is 5.82 Å². The molecule has 2 aromatic rings. The summed E-state index contributed by atoms with van der Waals surface area (Å²) in [5.74, 6) is 2.49. The first kappa shape index (κ1) is 29.0. The van der Waals surface area contributed by atoms with Gasteiger partial charge in [0.25, 0.3) is 0 Å². The molecule has 37 heavy (non-hydrogen) atoms. The Bertz CT molecular complexity index is 1080. The van der Waals surface area contributed by atoms with Crippen LogP contribution in [0.5, 0.6) is 5.75 Å². The number of ether oxygens (including phenoxy) is 1. The number of nitrogens with zero attached hydrogens (tertiary/aromatic N) is 3. The number of carbonyl (C=O) groups excluding carboxylic acids is 1. The molecule has 1 amide bonds. The number of likely N-dealkylation sites (tertiary alicyclic amines) is 1. The Morgan fingerprint density at radius 3 is 2.86 bits per heavy atom. The molecule has 2 aromatic carbocycles. The highest BCUT2D eigenvalue weighted by Crippen LogP contribution is 2.50. The van der Waals surface area contributed by atoms with Gasteiger partial charge in [-0.3, -0.25) is 22.5 Å². The fraction of sp³-hybridized carbons (Fsp3) is 0.519. The monoisotopic (exact) mass is 603 g/mol. The lowest BCUT2D eigenvalue weighted by molar-refractivity contribution is -0.168. The number of anilines is 1. The van der Waals surface area contributed by atoms with E-state index in [4.69, 9.17) is 9.57 Å². The lowest BCUT2D eigenvalue weighted by atomic mass is 9.89. The van der Waals surface area contributed by atoms with E-state index in [9.17, 15) is 9.18 Å². The number of halogens is 2. The Morgan fingerprint density at radius 2 is 2.11 bits per heavy atom. The number of fused-ring (bicyclic) bond motifs is 3. The number of piperidine rings is 1. The molecule has 3 heterocycles. The summed E-state index contributed by atoms with van der Waals surface area (Å²) in [6.45, 7) is 4.46.